The van der Waals surface area contributed by atoms with Crippen LogP contribution in [0, 0.1) is 11.3 Å². The maximum atomic E-state index is 12.7. The molecule has 5 rings (SSSR count). The summed E-state index contributed by atoms with van der Waals surface area (Å²) in [6.07, 6.45) is 1.46. The summed E-state index contributed by atoms with van der Waals surface area (Å²) in [7, 11) is 1.50. The highest BCUT2D eigenvalue weighted by molar-refractivity contribution is 7.14. The van der Waals surface area contributed by atoms with E-state index in [1.807, 2.05) is 53.9 Å². The number of benzene rings is 4. The maximum Gasteiger partial charge on any atom is 0.271 e. The molecule has 2 N–H and O–H groups in total. The zero-order valence-electron chi connectivity index (χ0n) is 22.7. The standard InChI is InChI=1S/C32H23Cl2N5O3S/c1-41-29-15-20(14-27(34)30(29)42-18-24-5-3-2-4-23(24)16-35)17-36-39-31(40)22-8-6-21(7-9-22)28-19-43-32(38-28)37-26-12-10-25(33)11-13-26/h2-15,17,19H,18H2,1H3,(H,37,38)(H,39,40)/b36-17-. The van der Waals surface area contributed by atoms with E-state index >= 15 is 0 Å². The Bertz CT molecular complexity index is 1820. The van der Waals surface area contributed by atoms with Crippen LogP contribution in [-0.4, -0.2) is 24.2 Å². The van der Waals surface area contributed by atoms with Crippen LogP contribution < -0.4 is 20.2 Å². The Morgan fingerprint density at radius 2 is 1.84 bits per heavy atom. The number of hydrazone groups is 1. The highest BCUT2D eigenvalue weighted by Gasteiger charge is 2.13. The van der Waals surface area contributed by atoms with Crippen molar-refractivity contribution in [1.82, 2.24) is 10.4 Å². The molecule has 4 aromatic carbocycles. The average Bonchev–Trinajstić information content (AvgIpc) is 3.50. The summed E-state index contributed by atoms with van der Waals surface area (Å²) in [5.41, 5.74) is 7.36. The molecule has 1 aromatic heterocycles. The summed E-state index contributed by atoms with van der Waals surface area (Å²) in [5.74, 6) is 0.352. The molecule has 0 radical (unpaired) electrons. The van der Waals surface area contributed by atoms with Crippen molar-refractivity contribution in [1.29, 1.82) is 5.26 Å². The molecule has 0 spiro atoms. The van der Waals surface area contributed by atoms with Gasteiger partial charge in [-0.25, -0.2) is 10.4 Å². The molecule has 214 valence electrons. The third kappa shape index (κ3) is 7.50. The highest BCUT2D eigenvalue weighted by atomic mass is 35.5. The lowest BCUT2D eigenvalue weighted by Crippen LogP contribution is -2.17. The molecule has 0 saturated carbocycles. The fraction of sp³-hybridized carbons (Fsp3) is 0.0625. The van der Waals surface area contributed by atoms with Crippen molar-refractivity contribution >= 4 is 57.5 Å². The van der Waals surface area contributed by atoms with Gasteiger partial charge in [0.05, 0.1) is 35.7 Å². The lowest BCUT2D eigenvalue weighted by Gasteiger charge is -2.14. The number of nitriles is 1. The van der Waals surface area contributed by atoms with Crippen molar-refractivity contribution in [3.63, 3.8) is 0 Å². The zero-order chi connectivity index (χ0) is 30.2. The number of carbonyl (C=O) groups excluding carboxylic acids is 1. The summed E-state index contributed by atoms with van der Waals surface area (Å²) < 4.78 is 11.3. The molecule has 11 heteroatoms. The molecule has 0 unspecified atom stereocenters. The average molecular weight is 629 g/mol. The minimum absolute atomic E-state index is 0.145. The minimum atomic E-state index is -0.375. The van der Waals surface area contributed by atoms with Crippen LogP contribution >= 0.6 is 34.5 Å². The fourth-order valence-corrected chi connectivity index (χ4v) is 5.14. The maximum absolute atomic E-state index is 12.7. The zero-order valence-corrected chi connectivity index (χ0v) is 25.0. The normalized spacial score (nSPS) is 10.7. The van der Waals surface area contributed by atoms with E-state index in [1.54, 1.807) is 36.4 Å². The Balaban J connectivity index is 1.19. The van der Waals surface area contributed by atoms with E-state index in [-0.39, 0.29) is 12.5 Å². The predicted octanol–water partition coefficient (Wildman–Crippen LogP) is 8.08. The molecule has 0 aliphatic heterocycles. The Morgan fingerprint density at radius 1 is 1.07 bits per heavy atom. The Hall–Kier alpha value is -4.88. The van der Waals surface area contributed by atoms with Crippen LogP contribution in [0.4, 0.5) is 10.8 Å². The molecule has 0 fully saturated rings. The molecule has 43 heavy (non-hydrogen) atoms. The van der Waals surface area contributed by atoms with Crippen molar-refractivity contribution < 1.29 is 14.3 Å². The van der Waals surface area contributed by atoms with Crippen molar-refractivity contribution in [3.05, 3.63) is 123 Å². The molecule has 0 bridgehead atoms. The lowest BCUT2D eigenvalue weighted by molar-refractivity contribution is 0.0955. The molecule has 0 aliphatic rings. The number of anilines is 2. The number of halogens is 2. The topological polar surface area (TPSA) is 109 Å². The predicted molar refractivity (Wildman–Crippen MR) is 171 cm³/mol. The third-order valence-electron chi connectivity index (χ3n) is 6.18. The van der Waals surface area contributed by atoms with Gasteiger partial charge in [-0.05, 0) is 60.2 Å². The second kappa shape index (κ2) is 13.9. The number of rotatable bonds is 10. The number of hydrogen-bond donors (Lipinski definition) is 2. The number of ether oxygens (including phenoxy) is 2. The van der Waals surface area contributed by atoms with Gasteiger partial charge >= 0.3 is 0 Å². The smallest absolute Gasteiger partial charge is 0.271 e. The van der Waals surface area contributed by atoms with Gasteiger partial charge in [0.2, 0.25) is 0 Å². The van der Waals surface area contributed by atoms with Crippen molar-refractivity contribution in [2.75, 3.05) is 12.4 Å². The number of nitrogens with zero attached hydrogens (tertiary/aromatic N) is 3. The first-order valence-corrected chi connectivity index (χ1v) is 14.5. The Kier molecular flexibility index (Phi) is 9.54. The van der Waals surface area contributed by atoms with Gasteiger partial charge in [-0.3, -0.25) is 4.79 Å². The number of hydrogen-bond acceptors (Lipinski definition) is 8. The van der Waals surface area contributed by atoms with Gasteiger partial charge in [0.1, 0.15) is 6.61 Å². The van der Waals surface area contributed by atoms with Crippen molar-refractivity contribution in [3.8, 4) is 28.8 Å². The fourth-order valence-electron chi connectivity index (χ4n) is 4.00. The number of carbonyl (C=O) groups is 1. The van der Waals surface area contributed by atoms with Crippen LogP contribution in [0.1, 0.15) is 27.0 Å². The van der Waals surface area contributed by atoms with E-state index in [0.29, 0.717) is 38.2 Å². The first-order chi connectivity index (χ1) is 20.9. The molecular weight excluding hydrogens is 605 g/mol. The molecule has 1 heterocycles. The van der Waals surface area contributed by atoms with Crippen LogP contribution in [0.5, 0.6) is 11.5 Å². The van der Waals surface area contributed by atoms with Gasteiger partial charge in [0.25, 0.3) is 5.91 Å². The van der Waals surface area contributed by atoms with Crippen LogP contribution in [-0.2, 0) is 6.61 Å². The lowest BCUT2D eigenvalue weighted by atomic mass is 10.1. The quantitative estimate of drug-likeness (QED) is 0.120. The largest absolute Gasteiger partial charge is 0.493 e. The van der Waals surface area contributed by atoms with Gasteiger partial charge in [-0.15, -0.1) is 11.3 Å². The second-order valence-corrected chi connectivity index (χ2v) is 10.7. The summed E-state index contributed by atoms with van der Waals surface area (Å²) >= 11 is 13.9. The molecule has 5 aromatic rings. The van der Waals surface area contributed by atoms with Crippen LogP contribution in [0.3, 0.4) is 0 Å². The van der Waals surface area contributed by atoms with E-state index < -0.39 is 0 Å². The monoisotopic (exact) mass is 627 g/mol. The molecule has 0 aliphatic carbocycles. The Labute approximate surface area is 262 Å². The minimum Gasteiger partial charge on any atom is -0.493 e. The van der Waals surface area contributed by atoms with Crippen LogP contribution in [0.25, 0.3) is 11.3 Å². The number of thiazole rings is 1. The molecule has 0 saturated heterocycles. The van der Waals surface area contributed by atoms with Gasteiger partial charge in [-0.2, -0.15) is 10.4 Å². The number of amides is 1. The number of methoxy groups -OCH3 is 1. The first kappa shape index (κ1) is 29.6. The van der Waals surface area contributed by atoms with E-state index in [2.05, 4.69) is 26.9 Å². The molecule has 0 atom stereocenters. The van der Waals surface area contributed by atoms with Gasteiger partial charge in [0, 0.05) is 32.8 Å². The SMILES string of the molecule is COc1cc(/C=N\NC(=O)c2ccc(-c3csc(Nc4ccc(Cl)cc4)n3)cc2)cc(Cl)c1OCc1ccccc1C#N. The van der Waals surface area contributed by atoms with E-state index in [0.717, 1.165) is 27.6 Å². The highest BCUT2D eigenvalue weighted by Crippen LogP contribution is 2.37. The van der Waals surface area contributed by atoms with E-state index in [9.17, 15) is 10.1 Å². The van der Waals surface area contributed by atoms with Crippen molar-refractivity contribution in [2.45, 2.75) is 6.61 Å². The third-order valence-corrected chi connectivity index (χ3v) is 7.47. The molecule has 8 nitrogen and oxygen atoms in total. The van der Waals surface area contributed by atoms with Crippen molar-refractivity contribution in [2.24, 2.45) is 5.10 Å². The summed E-state index contributed by atoms with van der Waals surface area (Å²) in [5, 5.41) is 20.3. The summed E-state index contributed by atoms with van der Waals surface area (Å²) in [6.45, 7) is 0.145. The summed E-state index contributed by atoms with van der Waals surface area (Å²) in [6, 6.07) is 27.1. The van der Waals surface area contributed by atoms with Gasteiger partial charge < -0.3 is 14.8 Å². The van der Waals surface area contributed by atoms with Crippen LogP contribution in [0.15, 0.2) is 95.4 Å². The first-order valence-electron chi connectivity index (χ1n) is 12.8. The van der Waals surface area contributed by atoms with Crippen LogP contribution in [0.2, 0.25) is 10.0 Å². The second-order valence-electron chi connectivity index (χ2n) is 9.04. The Morgan fingerprint density at radius 3 is 2.58 bits per heavy atom. The number of nitrogens with one attached hydrogen (secondary N) is 2. The molecular formula is C32H23Cl2N5O3S. The number of aromatic nitrogens is 1. The van der Waals surface area contributed by atoms with Gasteiger partial charge in [-0.1, -0.05) is 53.5 Å². The summed E-state index contributed by atoms with van der Waals surface area (Å²) in [4.78, 5) is 17.3. The molecule has 1 amide bonds. The van der Waals surface area contributed by atoms with Gasteiger partial charge in [0.15, 0.2) is 16.6 Å². The van der Waals surface area contributed by atoms with E-state index in [4.69, 9.17) is 32.7 Å². The van der Waals surface area contributed by atoms with E-state index in [1.165, 1.54) is 24.7 Å².